The maximum absolute atomic E-state index is 2.46. The third kappa shape index (κ3) is 4.31. The van der Waals surface area contributed by atoms with Gasteiger partial charge in [-0.15, -0.1) is 0 Å². The van der Waals surface area contributed by atoms with E-state index in [0.717, 1.165) is 19.3 Å². The van der Waals surface area contributed by atoms with Gasteiger partial charge >= 0.3 is 0 Å². The molecule has 1 heteroatoms. The number of para-hydroxylation sites is 3. The van der Waals surface area contributed by atoms with Gasteiger partial charge in [-0.2, -0.15) is 0 Å². The molecule has 0 aliphatic carbocycles. The highest BCUT2D eigenvalue weighted by molar-refractivity contribution is 6.16. The third-order valence-corrected chi connectivity index (χ3v) is 9.75. The van der Waals surface area contributed by atoms with Gasteiger partial charge in [0.15, 0.2) is 0 Å². The summed E-state index contributed by atoms with van der Waals surface area (Å²) in [6.07, 6.45) is 3.09. The molecule has 0 bridgehead atoms. The van der Waals surface area contributed by atoms with Crippen molar-refractivity contribution in [2.75, 3.05) is 0 Å². The largest absolute Gasteiger partial charge is 0.309 e. The summed E-state index contributed by atoms with van der Waals surface area (Å²) in [4.78, 5) is 0. The Morgan fingerprint density at radius 3 is 1.78 bits per heavy atom. The molecule has 218 valence electrons. The first kappa shape index (κ1) is 26.7. The lowest BCUT2D eigenvalue weighted by atomic mass is 9.86. The Kier molecular flexibility index (Phi) is 6.42. The quantitative estimate of drug-likeness (QED) is 0.171. The van der Waals surface area contributed by atoms with Crippen LogP contribution in [0.4, 0.5) is 0 Å². The molecule has 0 spiro atoms. The monoisotopic (exact) mass is 587 g/mol. The second-order valence-electron chi connectivity index (χ2n) is 12.4. The highest BCUT2D eigenvalue weighted by Crippen LogP contribution is 2.41. The van der Waals surface area contributed by atoms with Gasteiger partial charge in [-0.25, -0.2) is 0 Å². The van der Waals surface area contributed by atoms with Crippen LogP contribution in [-0.4, -0.2) is 4.57 Å². The van der Waals surface area contributed by atoms with E-state index in [1.807, 2.05) is 0 Å². The summed E-state index contributed by atoms with van der Waals surface area (Å²) in [5, 5.41) is 10.6. The molecule has 0 amide bonds. The van der Waals surface area contributed by atoms with Gasteiger partial charge in [0.05, 0.1) is 11.0 Å². The van der Waals surface area contributed by atoms with Crippen molar-refractivity contribution in [3.8, 4) is 16.8 Å². The van der Waals surface area contributed by atoms with E-state index in [-0.39, 0.29) is 0 Å². The van der Waals surface area contributed by atoms with E-state index in [9.17, 15) is 0 Å². The van der Waals surface area contributed by atoms with Crippen LogP contribution in [0.1, 0.15) is 17.5 Å². The Morgan fingerprint density at radius 2 is 1.02 bits per heavy atom. The number of benzene rings is 8. The van der Waals surface area contributed by atoms with Gasteiger partial charge in [0.1, 0.15) is 0 Å². The van der Waals surface area contributed by atoms with Gasteiger partial charge in [-0.05, 0) is 98.1 Å². The van der Waals surface area contributed by atoms with Gasteiger partial charge < -0.3 is 4.57 Å². The van der Waals surface area contributed by atoms with Crippen LogP contribution in [0.2, 0.25) is 0 Å². The number of aryl methyl sites for hydroxylation is 2. The van der Waals surface area contributed by atoms with Crippen molar-refractivity contribution in [2.45, 2.75) is 19.3 Å². The molecule has 8 aromatic carbocycles. The van der Waals surface area contributed by atoms with Gasteiger partial charge in [-0.1, -0.05) is 140 Å². The fourth-order valence-electron chi connectivity index (χ4n) is 7.74. The van der Waals surface area contributed by atoms with E-state index in [1.54, 1.807) is 0 Å². The molecule has 9 rings (SSSR count). The Hall–Kier alpha value is -5.66. The molecule has 1 aromatic heterocycles. The van der Waals surface area contributed by atoms with Crippen LogP contribution < -0.4 is 0 Å². The van der Waals surface area contributed by atoms with Crippen molar-refractivity contribution in [2.24, 2.45) is 0 Å². The summed E-state index contributed by atoms with van der Waals surface area (Å²) in [7, 11) is 0. The Morgan fingerprint density at radius 1 is 0.413 bits per heavy atom. The summed E-state index contributed by atoms with van der Waals surface area (Å²) < 4.78 is 2.46. The number of aromatic nitrogens is 1. The fraction of sp³-hybridized carbons (Fsp3) is 0.0667. The second-order valence-corrected chi connectivity index (χ2v) is 12.4. The van der Waals surface area contributed by atoms with Crippen LogP contribution in [0.3, 0.4) is 0 Å². The standard InChI is InChI=1S/C45H33N/c1-2-18-35(19-3-1)46-43-27-11-10-22-39(43)42-26-13-17-32(45(42)46)16-12-25-36-37-20-6-8-23-40(37)44(41-24-9-7-21-38(36)41)34-29-28-31-14-4-5-15-33(31)30-34/h1-11,13-15,17-24,26-30H,12,16,25H2. The van der Waals surface area contributed by atoms with E-state index >= 15 is 0 Å². The molecule has 0 aliphatic heterocycles. The van der Waals surface area contributed by atoms with Gasteiger partial charge in [0, 0.05) is 16.5 Å². The first-order valence-electron chi connectivity index (χ1n) is 16.3. The SMILES string of the molecule is c1ccc(-n2c3ccccc3c3cccc(CCCc4c5ccccc5c(-c5ccc6ccccc6c5)c5ccccc45)c32)cc1. The topological polar surface area (TPSA) is 4.93 Å². The summed E-state index contributed by atoms with van der Waals surface area (Å²) in [6.45, 7) is 0. The molecule has 0 fully saturated rings. The summed E-state index contributed by atoms with van der Waals surface area (Å²) >= 11 is 0. The molecule has 1 heterocycles. The zero-order chi connectivity index (χ0) is 30.5. The van der Waals surface area contributed by atoms with E-state index in [4.69, 9.17) is 0 Å². The molecule has 1 nitrogen and oxygen atoms in total. The minimum Gasteiger partial charge on any atom is -0.309 e. The molecule has 0 saturated heterocycles. The minimum absolute atomic E-state index is 1.01. The average molecular weight is 588 g/mol. The molecule has 0 atom stereocenters. The smallest absolute Gasteiger partial charge is 0.0573 e. The van der Waals surface area contributed by atoms with E-state index in [0.29, 0.717) is 0 Å². The Bertz CT molecular complexity index is 2500. The lowest BCUT2D eigenvalue weighted by molar-refractivity contribution is 0.831. The van der Waals surface area contributed by atoms with Crippen LogP contribution in [0.15, 0.2) is 164 Å². The average Bonchev–Trinajstić information content (AvgIpc) is 3.47. The van der Waals surface area contributed by atoms with Gasteiger partial charge in [0.25, 0.3) is 0 Å². The first-order chi connectivity index (χ1) is 22.8. The first-order valence-corrected chi connectivity index (χ1v) is 16.3. The fourth-order valence-corrected chi connectivity index (χ4v) is 7.74. The highest BCUT2D eigenvalue weighted by Gasteiger charge is 2.17. The molecule has 0 aliphatic rings. The lowest BCUT2D eigenvalue weighted by Gasteiger charge is -2.18. The van der Waals surface area contributed by atoms with Crippen LogP contribution >= 0.6 is 0 Å². The van der Waals surface area contributed by atoms with E-state index < -0.39 is 0 Å². The summed E-state index contributed by atoms with van der Waals surface area (Å²) in [5.74, 6) is 0. The van der Waals surface area contributed by atoms with Crippen LogP contribution in [0.5, 0.6) is 0 Å². The number of fused-ring (bicyclic) bond motifs is 6. The predicted molar refractivity (Wildman–Crippen MR) is 197 cm³/mol. The maximum atomic E-state index is 2.46. The van der Waals surface area contributed by atoms with Crippen molar-refractivity contribution >= 4 is 54.1 Å². The summed E-state index contributed by atoms with van der Waals surface area (Å²) in [6, 6.07) is 60.1. The van der Waals surface area contributed by atoms with Crippen LogP contribution in [0.25, 0.3) is 70.9 Å². The Labute approximate surface area is 269 Å². The van der Waals surface area contributed by atoms with Crippen molar-refractivity contribution in [1.29, 1.82) is 0 Å². The molecular weight excluding hydrogens is 555 g/mol. The van der Waals surface area contributed by atoms with Crippen LogP contribution in [-0.2, 0) is 12.8 Å². The molecule has 0 unspecified atom stereocenters. The minimum atomic E-state index is 1.01. The van der Waals surface area contributed by atoms with E-state index in [2.05, 4.69) is 168 Å². The molecule has 46 heavy (non-hydrogen) atoms. The second kappa shape index (κ2) is 11.1. The number of rotatable bonds is 6. The molecule has 0 saturated carbocycles. The number of nitrogens with zero attached hydrogens (tertiary/aromatic N) is 1. The van der Waals surface area contributed by atoms with E-state index in [1.165, 1.54) is 82.1 Å². The molecule has 0 radical (unpaired) electrons. The predicted octanol–water partition coefficient (Wildman–Crippen LogP) is 12.1. The van der Waals surface area contributed by atoms with Gasteiger partial charge in [0.2, 0.25) is 0 Å². The molecule has 0 N–H and O–H groups in total. The zero-order valence-corrected chi connectivity index (χ0v) is 25.7. The number of hydrogen-bond acceptors (Lipinski definition) is 0. The summed E-state index contributed by atoms with van der Waals surface area (Å²) in [5.41, 5.74) is 9.26. The van der Waals surface area contributed by atoms with Gasteiger partial charge in [-0.3, -0.25) is 0 Å². The maximum Gasteiger partial charge on any atom is 0.0573 e. The lowest BCUT2D eigenvalue weighted by Crippen LogP contribution is -1.99. The third-order valence-electron chi connectivity index (χ3n) is 9.75. The zero-order valence-electron chi connectivity index (χ0n) is 25.7. The highest BCUT2D eigenvalue weighted by atomic mass is 15.0. The normalized spacial score (nSPS) is 11.7. The van der Waals surface area contributed by atoms with Crippen molar-refractivity contribution in [3.63, 3.8) is 0 Å². The van der Waals surface area contributed by atoms with Crippen molar-refractivity contribution in [3.05, 3.63) is 175 Å². The molecule has 9 aromatic rings. The Balaban J connectivity index is 1.16. The van der Waals surface area contributed by atoms with Crippen LogP contribution in [0, 0.1) is 0 Å². The van der Waals surface area contributed by atoms with Crippen molar-refractivity contribution in [1.82, 2.24) is 4.57 Å². The van der Waals surface area contributed by atoms with Crippen molar-refractivity contribution < 1.29 is 0 Å². The molecular formula is C45H33N. The number of hydrogen-bond donors (Lipinski definition) is 0.